The van der Waals surface area contributed by atoms with Crippen LogP contribution in [0.4, 0.5) is 0 Å². The number of esters is 4. The van der Waals surface area contributed by atoms with E-state index in [1.165, 1.54) is 0 Å². The van der Waals surface area contributed by atoms with Crippen LogP contribution in [0.5, 0.6) is 0 Å². The van der Waals surface area contributed by atoms with E-state index in [-0.39, 0.29) is 32.1 Å². The van der Waals surface area contributed by atoms with Crippen LogP contribution in [-0.2, 0) is 61.9 Å². The molecule has 0 radical (unpaired) electrons. The summed E-state index contributed by atoms with van der Waals surface area (Å²) in [6.45, 7) is 5.23. The van der Waals surface area contributed by atoms with Crippen molar-refractivity contribution in [3.05, 3.63) is 0 Å². The lowest BCUT2D eigenvalue weighted by Gasteiger charge is -2.43. The highest BCUT2D eigenvalue weighted by molar-refractivity contribution is 5.82. The molecule has 1 N–H and O–H groups in total. The molecular weight excluding hydrogens is 534 g/mol. The van der Waals surface area contributed by atoms with Gasteiger partial charge in [-0.25, -0.2) is 0 Å². The molecule has 1 fully saturated rings. The van der Waals surface area contributed by atoms with Crippen molar-refractivity contribution < 1.29 is 61.9 Å². The number of carbonyl (C=O) groups is 6. The van der Waals surface area contributed by atoms with Gasteiger partial charge in [0.2, 0.25) is 12.4 Å². The van der Waals surface area contributed by atoms with Gasteiger partial charge in [-0.15, -0.1) is 12.3 Å². The van der Waals surface area contributed by atoms with Crippen molar-refractivity contribution >= 4 is 35.6 Å². The van der Waals surface area contributed by atoms with Crippen molar-refractivity contribution in [1.82, 2.24) is 5.32 Å². The first-order chi connectivity index (χ1) is 19.0. The molecule has 1 unspecified atom stereocenters. The van der Waals surface area contributed by atoms with E-state index in [0.29, 0.717) is 32.3 Å². The Hall–Kier alpha value is -3.54. The van der Waals surface area contributed by atoms with Gasteiger partial charge in [-0.2, -0.15) is 0 Å². The number of nitrogens with one attached hydrogen (secondary N) is 1. The van der Waals surface area contributed by atoms with E-state index in [1.54, 1.807) is 0 Å². The number of carbonyl (C=O) groups excluding carboxylic acids is 6. The lowest BCUT2D eigenvalue weighted by atomic mass is 9.97. The fraction of sp³-hybridized carbons (Fsp3) is 0.692. The van der Waals surface area contributed by atoms with Crippen molar-refractivity contribution in [1.29, 1.82) is 0 Å². The molecule has 14 nitrogen and oxygen atoms in total. The van der Waals surface area contributed by atoms with Crippen LogP contribution in [0, 0.1) is 12.3 Å². The minimum absolute atomic E-state index is 0.0129. The molecule has 0 spiro atoms. The molecule has 1 heterocycles. The first-order valence-electron chi connectivity index (χ1n) is 12.7. The van der Waals surface area contributed by atoms with Crippen LogP contribution < -0.4 is 5.32 Å². The molecule has 224 valence electrons. The SMILES string of the molecule is C#CCCC(=O)CCCOCCOCCNC(=O)C1O[C@@H](OC(C)=O)[C@H](OC(C)=O)[C@@H](OC(C)=O)[C@@H]1OC(C)=O. The molecule has 1 saturated heterocycles. The topological polar surface area (TPSA) is 179 Å². The summed E-state index contributed by atoms with van der Waals surface area (Å²) >= 11 is 0. The minimum atomic E-state index is -1.64. The summed E-state index contributed by atoms with van der Waals surface area (Å²) in [4.78, 5) is 71.5. The Balaban J connectivity index is 2.68. The number of hydrogen-bond donors (Lipinski definition) is 1. The van der Waals surface area contributed by atoms with Gasteiger partial charge in [0, 0.05) is 60.1 Å². The molecule has 0 aliphatic carbocycles. The molecule has 0 saturated carbocycles. The monoisotopic (exact) mass is 571 g/mol. The zero-order valence-corrected chi connectivity index (χ0v) is 23.1. The third-order valence-corrected chi connectivity index (χ3v) is 5.15. The largest absolute Gasteiger partial charge is 0.455 e. The Morgan fingerprint density at radius 3 is 1.85 bits per heavy atom. The predicted octanol–water partition coefficient (Wildman–Crippen LogP) is -0.0184. The standard InChI is InChI=1S/C26H37NO13/c1-6-7-9-20(32)10-8-12-34-14-15-35-13-11-27-25(33)23-21(36-16(2)28)22(37-17(3)29)24(38-18(4)30)26(40-23)39-19(5)31/h1,21-24,26H,7-15H2,2-5H3,(H,27,33)/t21-,22-,23?,24+,26+/m0/s1. The predicted molar refractivity (Wildman–Crippen MR) is 134 cm³/mol. The van der Waals surface area contributed by atoms with Crippen molar-refractivity contribution in [3.8, 4) is 12.3 Å². The summed E-state index contributed by atoms with van der Waals surface area (Å²) in [7, 11) is 0. The maximum Gasteiger partial charge on any atom is 0.305 e. The molecule has 0 bridgehead atoms. The molecule has 0 aromatic carbocycles. The van der Waals surface area contributed by atoms with Crippen LogP contribution in [0.15, 0.2) is 0 Å². The average Bonchev–Trinajstić information content (AvgIpc) is 2.85. The number of Topliss-reactive ketones (excluding diaryl/α,β-unsaturated/α-hetero) is 1. The van der Waals surface area contributed by atoms with Gasteiger partial charge in [0.25, 0.3) is 5.91 Å². The Kier molecular flexibility index (Phi) is 16.1. The highest BCUT2D eigenvalue weighted by Crippen LogP contribution is 2.30. The lowest BCUT2D eigenvalue weighted by Crippen LogP contribution is -2.65. The van der Waals surface area contributed by atoms with E-state index < -0.39 is 60.5 Å². The second-order valence-corrected chi connectivity index (χ2v) is 8.62. The molecule has 1 amide bonds. The molecule has 14 heteroatoms. The van der Waals surface area contributed by atoms with Crippen LogP contribution in [0.1, 0.15) is 53.4 Å². The van der Waals surface area contributed by atoms with Crippen LogP contribution in [0.2, 0.25) is 0 Å². The molecule has 0 aromatic heterocycles. The maximum atomic E-state index is 13.0. The van der Waals surface area contributed by atoms with E-state index in [2.05, 4.69) is 11.2 Å². The Bertz CT molecular complexity index is 928. The third kappa shape index (κ3) is 13.5. The van der Waals surface area contributed by atoms with Crippen LogP contribution in [0.25, 0.3) is 0 Å². The zero-order chi connectivity index (χ0) is 30.1. The summed E-state index contributed by atoms with van der Waals surface area (Å²) in [6.07, 6.45) is -0.953. The van der Waals surface area contributed by atoms with Gasteiger partial charge in [-0.3, -0.25) is 28.8 Å². The van der Waals surface area contributed by atoms with Gasteiger partial charge >= 0.3 is 23.9 Å². The molecule has 1 rings (SSSR count). The Morgan fingerprint density at radius 1 is 0.725 bits per heavy atom. The van der Waals surface area contributed by atoms with Crippen molar-refractivity contribution in [2.45, 2.75) is 84.1 Å². The van der Waals surface area contributed by atoms with Crippen molar-refractivity contribution in [3.63, 3.8) is 0 Å². The van der Waals surface area contributed by atoms with Gasteiger partial charge in [-0.05, 0) is 6.42 Å². The Morgan fingerprint density at radius 2 is 1.27 bits per heavy atom. The average molecular weight is 572 g/mol. The Labute approximate surface area is 232 Å². The van der Waals surface area contributed by atoms with Gasteiger partial charge in [0.05, 0.1) is 19.8 Å². The van der Waals surface area contributed by atoms with E-state index >= 15 is 0 Å². The van der Waals surface area contributed by atoms with Crippen molar-refractivity contribution in [2.75, 3.05) is 33.0 Å². The minimum Gasteiger partial charge on any atom is -0.455 e. The highest BCUT2D eigenvalue weighted by Gasteiger charge is 2.55. The fourth-order valence-electron chi connectivity index (χ4n) is 3.62. The summed E-state index contributed by atoms with van der Waals surface area (Å²) in [5, 5.41) is 2.54. The molecule has 0 aromatic rings. The van der Waals surface area contributed by atoms with E-state index in [9.17, 15) is 28.8 Å². The summed E-state index contributed by atoms with van der Waals surface area (Å²) in [5.74, 6) is -1.63. The number of hydrogen-bond acceptors (Lipinski definition) is 13. The van der Waals surface area contributed by atoms with Crippen molar-refractivity contribution in [2.24, 2.45) is 0 Å². The first-order valence-corrected chi connectivity index (χ1v) is 12.7. The molecular formula is C26H37NO13. The molecule has 1 aliphatic heterocycles. The van der Waals surface area contributed by atoms with E-state index in [1.807, 2.05) is 0 Å². The number of terminal acetylenes is 1. The molecule has 40 heavy (non-hydrogen) atoms. The maximum absolute atomic E-state index is 13.0. The second-order valence-electron chi connectivity index (χ2n) is 8.62. The van der Waals surface area contributed by atoms with Gasteiger partial charge in [0.15, 0.2) is 18.3 Å². The van der Waals surface area contributed by atoms with Gasteiger partial charge in [0.1, 0.15) is 5.78 Å². The first kappa shape index (κ1) is 34.5. The fourth-order valence-corrected chi connectivity index (χ4v) is 3.62. The van der Waals surface area contributed by atoms with Gasteiger partial charge in [-0.1, -0.05) is 0 Å². The van der Waals surface area contributed by atoms with Crippen LogP contribution in [-0.4, -0.2) is 99.2 Å². The molecule has 5 atom stereocenters. The second kappa shape index (κ2) is 18.7. The third-order valence-electron chi connectivity index (χ3n) is 5.15. The van der Waals surface area contributed by atoms with E-state index in [0.717, 1.165) is 27.7 Å². The van der Waals surface area contributed by atoms with Crippen LogP contribution >= 0.6 is 0 Å². The number of ketones is 1. The number of rotatable bonds is 17. The summed E-state index contributed by atoms with van der Waals surface area (Å²) in [5.41, 5.74) is 0. The highest BCUT2D eigenvalue weighted by atomic mass is 16.7. The summed E-state index contributed by atoms with van der Waals surface area (Å²) in [6, 6.07) is 0. The summed E-state index contributed by atoms with van der Waals surface area (Å²) < 4.78 is 37.0. The molecule has 1 aliphatic rings. The van der Waals surface area contributed by atoms with E-state index in [4.69, 9.17) is 39.6 Å². The normalized spacial score (nSPS) is 21.8. The number of amides is 1. The van der Waals surface area contributed by atoms with Gasteiger partial charge < -0.3 is 38.5 Å². The number of ether oxygens (including phenoxy) is 7. The zero-order valence-electron chi connectivity index (χ0n) is 23.1. The smallest absolute Gasteiger partial charge is 0.305 e. The van der Waals surface area contributed by atoms with Crippen LogP contribution in [0.3, 0.4) is 0 Å². The quantitative estimate of drug-likeness (QED) is 0.107. The lowest BCUT2D eigenvalue weighted by molar-refractivity contribution is -0.290.